The summed E-state index contributed by atoms with van der Waals surface area (Å²) in [6, 6.07) is 13.2. The van der Waals surface area contributed by atoms with Crippen molar-refractivity contribution in [1.82, 2.24) is 35.0 Å². The van der Waals surface area contributed by atoms with Gasteiger partial charge in [0.15, 0.2) is 5.65 Å². The van der Waals surface area contributed by atoms with Crippen LogP contribution < -0.4 is 5.32 Å². The SMILES string of the molecule is CC=CNC(=O)c1ccc(C)c(-n2cnc3c(-c4ccc(-c5nnco5)cc4)ncnc32)c1.[HH]. The average molecular weight is 439 g/mol. The predicted molar refractivity (Wildman–Crippen MR) is 125 cm³/mol. The van der Waals surface area contributed by atoms with Gasteiger partial charge in [0.25, 0.3) is 5.91 Å². The second kappa shape index (κ2) is 8.46. The molecule has 1 N–H and O–H groups in total. The van der Waals surface area contributed by atoms with Crippen LogP contribution in [-0.2, 0) is 0 Å². The first-order valence-corrected chi connectivity index (χ1v) is 10.2. The van der Waals surface area contributed by atoms with Crippen LogP contribution in [0, 0.1) is 6.92 Å². The van der Waals surface area contributed by atoms with Gasteiger partial charge < -0.3 is 9.73 Å². The molecule has 1 amide bonds. The van der Waals surface area contributed by atoms with Gasteiger partial charge in [0.05, 0.1) is 5.69 Å². The third-order valence-corrected chi connectivity index (χ3v) is 5.21. The number of carbonyl (C=O) groups is 1. The summed E-state index contributed by atoms with van der Waals surface area (Å²) in [6.45, 7) is 3.82. The summed E-state index contributed by atoms with van der Waals surface area (Å²) >= 11 is 0. The summed E-state index contributed by atoms with van der Waals surface area (Å²) in [5.74, 6) is 0.267. The quantitative estimate of drug-likeness (QED) is 0.433. The van der Waals surface area contributed by atoms with Crippen LogP contribution in [0.4, 0.5) is 0 Å². The van der Waals surface area contributed by atoms with Crippen molar-refractivity contribution in [2.45, 2.75) is 13.8 Å². The molecule has 0 aliphatic rings. The van der Waals surface area contributed by atoms with E-state index in [4.69, 9.17) is 4.42 Å². The van der Waals surface area contributed by atoms with Crippen LogP contribution in [0.1, 0.15) is 24.3 Å². The molecule has 0 unspecified atom stereocenters. The van der Waals surface area contributed by atoms with Gasteiger partial charge in [-0.1, -0.05) is 24.3 Å². The number of nitrogens with zero attached hydrogens (tertiary/aromatic N) is 6. The number of carbonyl (C=O) groups excluding carboxylic acids is 1. The fourth-order valence-corrected chi connectivity index (χ4v) is 3.54. The van der Waals surface area contributed by atoms with E-state index in [-0.39, 0.29) is 7.33 Å². The third kappa shape index (κ3) is 3.76. The molecule has 164 valence electrons. The number of aromatic nitrogens is 6. The minimum absolute atomic E-state index is 0. The highest BCUT2D eigenvalue weighted by Gasteiger charge is 2.16. The smallest absolute Gasteiger partial charge is 0.255 e. The molecule has 33 heavy (non-hydrogen) atoms. The Labute approximate surface area is 190 Å². The maximum absolute atomic E-state index is 12.4. The molecule has 5 aromatic rings. The van der Waals surface area contributed by atoms with E-state index in [1.54, 1.807) is 24.7 Å². The first-order chi connectivity index (χ1) is 16.2. The van der Waals surface area contributed by atoms with Crippen LogP contribution in [-0.4, -0.2) is 35.6 Å². The molecule has 3 heterocycles. The zero-order valence-electron chi connectivity index (χ0n) is 17.9. The third-order valence-electron chi connectivity index (χ3n) is 5.21. The van der Waals surface area contributed by atoms with Gasteiger partial charge >= 0.3 is 0 Å². The van der Waals surface area contributed by atoms with E-state index in [9.17, 15) is 4.79 Å². The molecular weight excluding hydrogens is 418 g/mol. The molecule has 9 heteroatoms. The monoisotopic (exact) mass is 439 g/mol. The van der Waals surface area contributed by atoms with Crippen molar-refractivity contribution in [3.05, 3.63) is 84.9 Å². The van der Waals surface area contributed by atoms with Gasteiger partial charge in [-0.05, 0) is 49.9 Å². The highest BCUT2D eigenvalue weighted by atomic mass is 16.4. The molecule has 2 aromatic carbocycles. The Kier molecular flexibility index (Phi) is 5.19. The fraction of sp³-hybridized carbons (Fsp3) is 0.0833. The summed E-state index contributed by atoms with van der Waals surface area (Å²) in [5.41, 5.74) is 6.06. The molecule has 0 saturated heterocycles. The number of rotatable bonds is 5. The Morgan fingerprint density at radius 2 is 1.91 bits per heavy atom. The van der Waals surface area contributed by atoms with Crippen LogP contribution >= 0.6 is 0 Å². The maximum Gasteiger partial charge on any atom is 0.255 e. The highest BCUT2D eigenvalue weighted by molar-refractivity contribution is 5.96. The molecule has 0 radical (unpaired) electrons. The van der Waals surface area contributed by atoms with Crippen molar-refractivity contribution in [1.29, 1.82) is 0 Å². The highest BCUT2D eigenvalue weighted by Crippen LogP contribution is 2.28. The number of nitrogens with one attached hydrogen (secondary N) is 1. The van der Waals surface area contributed by atoms with Gasteiger partial charge in [0, 0.05) is 18.1 Å². The second-order valence-electron chi connectivity index (χ2n) is 7.31. The van der Waals surface area contributed by atoms with E-state index in [1.165, 1.54) is 12.7 Å². The Morgan fingerprint density at radius 1 is 1.09 bits per heavy atom. The van der Waals surface area contributed by atoms with E-state index >= 15 is 0 Å². The lowest BCUT2D eigenvalue weighted by molar-refractivity contribution is 0.0970. The first-order valence-electron chi connectivity index (χ1n) is 10.2. The van der Waals surface area contributed by atoms with Crippen LogP contribution in [0.5, 0.6) is 0 Å². The molecule has 0 atom stereocenters. The van der Waals surface area contributed by atoms with Gasteiger partial charge in [-0.3, -0.25) is 9.36 Å². The number of allylic oxidation sites excluding steroid dienone is 1. The zero-order valence-corrected chi connectivity index (χ0v) is 17.9. The molecule has 0 spiro atoms. The van der Waals surface area contributed by atoms with Crippen molar-refractivity contribution in [3.8, 4) is 28.4 Å². The van der Waals surface area contributed by atoms with Gasteiger partial charge in [-0.15, -0.1) is 10.2 Å². The lowest BCUT2D eigenvalue weighted by Gasteiger charge is -2.10. The molecule has 0 bridgehead atoms. The van der Waals surface area contributed by atoms with Crippen molar-refractivity contribution >= 4 is 17.1 Å². The Bertz CT molecular complexity index is 1480. The van der Waals surface area contributed by atoms with E-state index < -0.39 is 0 Å². The van der Waals surface area contributed by atoms with Crippen LogP contribution in [0.15, 0.2) is 78.2 Å². The molecule has 0 aliphatic carbocycles. The number of amides is 1. The van der Waals surface area contributed by atoms with Crippen LogP contribution in [0.3, 0.4) is 0 Å². The first kappa shape index (κ1) is 20.3. The van der Waals surface area contributed by atoms with Crippen molar-refractivity contribution < 1.29 is 10.6 Å². The Hall–Kier alpha value is -4.66. The average Bonchev–Trinajstić information content (AvgIpc) is 3.53. The number of hydrogen-bond acceptors (Lipinski definition) is 7. The Balaban J connectivity index is 0.00000274. The summed E-state index contributed by atoms with van der Waals surface area (Å²) in [4.78, 5) is 26.0. The fourth-order valence-electron chi connectivity index (χ4n) is 3.54. The maximum atomic E-state index is 12.4. The number of fused-ring (bicyclic) bond motifs is 1. The standard InChI is InChI=1S/C24H19N7O2.H2/c1-3-10-25-23(32)18-5-4-15(2)19(11-18)31-13-28-21-20(26-12-27-22(21)31)16-6-8-17(9-7-16)24-30-29-14-33-24;/h3-14H,1-2H3,(H,25,32);1H. The molecule has 5 rings (SSSR count). The number of benzene rings is 2. The van der Waals surface area contributed by atoms with Crippen molar-refractivity contribution in [3.63, 3.8) is 0 Å². The molecule has 3 aromatic heterocycles. The number of hydrogen-bond donors (Lipinski definition) is 1. The molecule has 0 aliphatic heterocycles. The van der Waals surface area contributed by atoms with Crippen molar-refractivity contribution in [2.24, 2.45) is 0 Å². The summed E-state index contributed by atoms with van der Waals surface area (Å²) in [7, 11) is 0. The lowest BCUT2D eigenvalue weighted by atomic mass is 10.1. The van der Waals surface area contributed by atoms with Gasteiger partial charge in [-0.25, -0.2) is 15.0 Å². The van der Waals surface area contributed by atoms with Crippen LogP contribution in [0.2, 0.25) is 0 Å². The van der Waals surface area contributed by atoms with E-state index in [0.29, 0.717) is 28.3 Å². The van der Waals surface area contributed by atoms with Gasteiger partial charge in [0.2, 0.25) is 12.3 Å². The van der Waals surface area contributed by atoms with Gasteiger partial charge in [0.1, 0.15) is 23.9 Å². The molecule has 0 fully saturated rings. The number of aryl methyl sites for hydroxylation is 1. The lowest BCUT2D eigenvalue weighted by Crippen LogP contribution is -2.17. The summed E-state index contributed by atoms with van der Waals surface area (Å²) in [6.07, 6.45) is 7.89. The minimum Gasteiger partial charge on any atom is -0.423 e. The predicted octanol–water partition coefficient (Wildman–Crippen LogP) is 4.35. The van der Waals surface area contributed by atoms with E-state index in [2.05, 4.69) is 30.5 Å². The zero-order chi connectivity index (χ0) is 22.8. The van der Waals surface area contributed by atoms with E-state index in [1.807, 2.05) is 54.8 Å². The molecule has 0 saturated carbocycles. The van der Waals surface area contributed by atoms with E-state index in [0.717, 1.165) is 22.4 Å². The topological polar surface area (TPSA) is 112 Å². The van der Waals surface area contributed by atoms with Crippen molar-refractivity contribution in [2.75, 3.05) is 0 Å². The largest absolute Gasteiger partial charge is 0.423 e. The second-order valence-corrected chi connectivity index (χ2v) is 7.31. The minimum atomic E-state index is -0.185. The van der Waals surface area contributed by atoms with Crippen LogP contribution in [0.25, 0.3) is 39.6 Å². The normalized spacial score (nSPS) is 11.3. The molecule has 9 nitrogen and oxygen atoms in total. The molecular formula is C24H21N7O2. The summed E-state index contributed by atoms with van der Waals surface area (Å²) < 4.78 is 7.12. The Morgan fingerprint density at radius 3 is 2.67 bits per heavy atom. The van der Waals surface area contributed by atoms with Gasteiger partial charge in [-0.2, -0.15) is 0 Å². The summed E-state index contributed by atoms with van der Waals surface area (Å²) in [5, 5.41) is 10.4. The number of imidazole rings is 1.